The van der Waals surface area contributed by atoms with E-state index in [1.807, 2.05) is 35.4 Å². The molecule has 2 aliphatic rings. The summed E-state index contributed by atoms with van der Waals surface area (Å²) in [4.78, 5) is 30.6. The average molecular weight is 406 g/mol. The number of rotatable bonds is 5. The Bertz CT molecular complexity index is 1060. The molecule has 2 fully saturated rings. The van der Waals surface area contributed by atoms with Gasteiger partial charge in [-0.3, -0.25) is 9.59 Å². The summed E-state index contributed by atoms with van der Waals surface area (Å²) in [6, 6.07) is 8.05. The predicted molar refractivity (Wildman–Crippen MR) is 112 cm³/mol. The standard InChI is InChI=1S/C22H26N6O2/c29-21(24-17-4-1-2-5-17)20-14-27(26-25-20)13-18-6-3-11-28(18)22(30)16-8-7-15-9-10-23-19(15)12-16/h7-10,12,14,17-18,23H,1-6,11,13H2,(H,24,29)/t18-/m0/s1. The fourth-order valence-corrected chi connectivity index (χ4v) is 4.68. The molecule has 0 spiro atoms. The lowest BCUT2D eigenvalue weighted by atomic mass is 10.1. The minimum atomic E-state index is -0.160. The molecule has 0 bridgehead atoms. The van der Waals surface area contributed by atoms with Crippen molar-refractivity contribution in [1.82, 2.24) is 30.2 Å². The van der Waals surface area contributed by atoms with Gasteiger partial charge in [0.2, 0.25) is 0 Å². The van der Waals surface area contributed by atoms with Crippen LogP contribution in [-0.4, -0.2) is 55.3 Å². The second-order valence-electron chi connectivity index (χ2n) is 8.35. The maximum absolute atomic E-state index is 13.1. The molecular weight excluding hydrogens is 380 g/mol. The molecule has 0 radical (unpaired) electrons. The molecule has 1 saturated carbocycles. The Balaban J connectivity index is 1.25. The molecule has 2 aromatic heterocycles. The zero-order valence-electron chi connectivity index (χ0n) is 16.9. The van der Waals surface area contributed by atoms with Crippen LogP contribution in [0, 0.1) is 0 Å². The van der Waals surface area contributed by atoms with Gasteiger partial charge in [0.05, 0.1) is 18.8 Å². The number of benzene rings is 1. The van der Waals surface area contributed by atoms with Crippen LogP contribution in [0.4, 0.5) is 0 Å². The number of hydrogen-bond acceptors (Lipinski definition) is 4. The van der Waals surface area contributed by atoms with Gasteiger partial charge in [0.15, 0.2) is 5.69 Å². The number of nitrogens with one attached hydrogen (secondary N) is 2. The zero-order chi connectivity index (χ0) is 20.5. The summed E-state index contributed by atoms with van der Waals surface area (Å²) in [6.45, 7) is 1.27. The van der Waals surface area contributed by atoms with E-state index in [1.54, 1.807) is 10.9 Å². The largest absolute Gasteiger partial charge is 0.361 e. The van der Waals surface area contributed by atoms with Crippen LogP contribution in [0.15, 0.2) is 36.7 Å². The summed E-state index contributed by atoms with van der Waals surface area (Å²) in [7, 11) is 0. The molecule has 3 aromatic rings. The van der Waals surface area contributed by atoms with Crippen LogP contribution >= 0.6 is 0 Å². The van der Waals surface area contributed by atoms with E-state index in [4.69, 9.17) is 0 Å². The summed E-state index contributed by atoms with van der Waals surface area (Å²) in [6.07, 6.45) is 9.85. The van der Waals surface area contributed by atoms with Crippen molar-refractivity contribution in [3.63, 3.8) is 0 Å². The van der Waals surface area contributed by atoms with Gasteiger partial charge in [-0.15, -0.1) is 5.10 Å². The Labute approximate surface area is 174 Å². The van der Waals surface area contributed by atoms with Crippen LogP contribution in [0.5, 0.6) is 0 Å². The van der Waals surface area contributed by atoms with Crippen molar-refractivity contribution >= 4 is 22.7 Å². The smallest absolute Gasteiger partial charge is 0.273 e. The number of hydrogen-bond donors (Lipinski definition) is 2. The van der Waals surface area contributed by atoms with E-state index in [0.717, 1.165) is 43.1 Å². The van der Waals surface area contributed by atoms with E-state index in [-0.39, 0.29) is 23.9 Å². The Morgan fingerprint density at radius 2 is 2.00 bits per heavy atom. The molecule has 8 nitrogen and oxygen atoms in total. The van der Waals surface area contributed by atoms with E-state index in [0.29, 0.717) is 17.8 Å². The highest BCUT2D eigenvalue weighted by atomic mass is 16.2. The summed E-state index contributed by atoms with van der Waals surface area (Å²) < 4.78 is 1.69. The number of aromatic nitrogens is 4. The number of aromatic amines is 1. The van der Waals surface area contributed by atoms with Crippen molar-refractivity contribution in [3.05, 3.63) is 47.9 Å². The van der Waals surface area contributed by atoms with Gasteiger partial charge in [-0.2, -0.15) is 0 Å². The quantitative estimate of drug-likeness (QED) is 0.681. The normalized spacial score (nSPS) is 19.6. The molecule has 0 unspecified atom stereocenters. The van der Waals surface area contributed by atoms with Crippen molar-refractivity contribution in [2.45, 2.75) is 57.2 Å². The molecule has 8 heteroatoms. The number of nitrogens with zero attached hydrogens (tertiary/aromatic N) is 4. The van der Waals surface area contributed by atoms with Crippen LogP contribution in [-0.2, 0) is 6.54 Å². The second kappa shape index (κ2) is 7.93. The van der Waals surface area contributed by atoms with Crippen LogP contribution in [0.3, 0.4) is 0 Å². The van der Waals surface area contributed by atoms with Crippen LogP contribution < -0.4 is 5.32 Å². The first-order chi connectivity index (χ1) is 14.7. The highest BCUT2D eigenvalue weighted by Gasteiger charge is 2.30. The number of H-pyrrole nitrogens is 1. The van der Waals surface area contributed by atoms with Crippen LogP contribution in [0.2, 0.25) is 0 Å². The van der Waals surface area contributed by atoms with Crippen molar-refractivity contribution in [2.24, 2.45) is 0 Å². The number of likely N-dealkylation sites (tertiary alicyclic amines) is 1. The van der Waals surface area contributed by atoms with Crippen molar-refractivity contribution in [3.8, 4) is 0 Å². The highest BCUT2D eigenvalue weighted by Crippen LogP contribution is 2.23. The summed E-state index contributed by atoms with van der Waals surface area (Å²) in [5.41, 5.74) is 1.99. The van der Waals surface area contributed by atoms with Gasteiger partial charge in [-0.25, -0.2) is 4.68 Å². The summed E-state index contributed by atoms with van der Waals surface area (Å²) in [5.74, 6) is -0.125. The Morgan fingerprint density at radius 1 is 1.13 bits per heavy atom. The third-order valence-corrected chi connectivity index (χ3v) is 6.30. The Morgan fingerprint density at radius 3 is 2.87 bits per heavy atom. The van der Waals surface area contributed by atoms with Gasteiger partial charge < -0.3 is 15.2 Å². The minimum absolute atomic E-state index is 0.0355. The van der Waals surface area contributed by atoms with Gasteiger partial charge in [0, 0.05) is 29.9 Å². The molecule has 1 aromatic carbocycles. The first kappa shape index (κ1) is 18.8. The molecule has 2 N–H and O–H groups in total. The molecule has 2 amide bonds. The number of carbonyl (C=O) groups excluding carboxylic acids is 2. The van der Waals surface area contributed by atoms with Crippen LogP contribution in [0.25, 0.3) is 10.9 Å². The summed E-state index contributed by atoms with van der Waals surface area (Å²) >= 11 is 0. The number of fused-ring (bicyclic) bond motifs is 1. The van der Waals surface area contributed by atoms with Gasteiger partial charge in [-0.1, -0.05) is 24.1 Å². The maximum Gasteiger partial charge on any atom is 0.273 e. The molecule has 30 heavy (non-hydrogen) atoms. The minimum Gasteiger partial charge on any atom is -0.361 e. The van der Waals surface area contributed by atoms with Gasteiger partial charge >= 0.3 is 0 Å². The molecule has 1 aliphatic heterocycles. The second-order valence-corrected chi connectivity index (χ2v) is 8.35. The van der Waals surface area contributed by atoms with E-state index in [9.17, 15) is 9.59 Å². The van der Waals surface area contributed by atoms with Gasteiger partial charge in [-0.05, 0) is 49.3 Å². The molecule has 5 rings (SSSR count). The number of carbonyl (C=O) groups is 2. The lowest BCUT2D eigenvalue weighted by molar-refractivity contribution is 0.0721. The molecule has 1 atom stereocenters. The summed E-state index contributed by atoms with van der Waals surface area (Å²) in [5, 5.41) is 12.3. The first-order valence-electron chi connectivity index (χ1n) is 10.8. The van der Waals surface area contributed by atoms with Crippen molar-refractivity contribution < 1.29 is 9.59 Å². The molecule has 1 aliphatic carbocycles. The molecule has 1 saturated heterocycles. The Hall–Kier alpha value is -3.16. The highest BCUT2D eigenvalue weighted by molar-refractivity contribution is 5.98. The molecule has 3 heterocycles. The molecular formula is C22H26N6O2. The third-order valence-electron chi connectivity index (χ3n) is 6.30. The first-order valence-corrected chi connectivity index (χ1v) is 10.8. The van der Waals surface area contributed by atoms with Gasteiger partial charge in [0.1, 0.15) is 0 Å². The van der Waals surface area contributed by atoms with E-state index >= 15 is 0 Å². The van der Waals surface area contributed by atoms with Crippen molar-refractivity contribution in [1.29, 1.82) is 0 Å². The van der Waals surface area contributed by atoms with Gasteiger partial charge in [0.25, 0.3) is 11.8 Å². The van der Waals surface area contributed by atoms with Crippen molar-refractivity contribution in [2.75, 3.05) is 6.54 Å². The fraction of sp³-hybridized carbons (Fsp3) is 0.455. The lowest BCUT2D eigenvalue weighted by Gasteiger charge is -2.24. The topological polar surface area (TPSA) is 95.9 Å². The fourth-order valence-electron chi connectivity index (χ4n) is 4.68. The predicted octanol–water partition coefficient (Wildman–Crippen LogP) is 2.74. The molecule has 156 valence electrons. The number of amides is 2. The van der Waals surface area contributed by atoms with Crippen LogP contribution in [0.1, 0.15) is 59.4 Å². The average Bonchev–Trinajstić information content (AvgIpc) is 3.54. The lowest BCUT2D eigenvalue weighted by Crippen LogP contribution is -2.38. The van der Waals surface area contributed by atoms with E-state index < -0.39 is 0 Å². The zero-order valence-corrected chi connectivity index (χ0v) is 16.9. The SMILES string of the molecule is O=C(NC1CCCC1)c1cn(C[C@@H]2CCCN2C(=O)c2ccc3cc[nH]c3c2)nn1. The monoisotopic (exact) mass is 406 g/mol. The van der Waals surface area contributed by atoms with E-state index in [1.165, 1.54) is 12.8 Å². The van der Waals surface area contributed by atoms with E-state index in [2.05, 4.69) is 20.6 Å². The third kappa shape index (κ3) is 3.69. The Kier molecular flexibility index (Phi) is 4.98. The maximum atomic E-state index is 13.1.